The molecule has 0 bridgehead atoms. The monoisotopic (exact) mass is 252 g/mol. The second-order valence-electron chi connectivity index (χ2n) is 4.49. The molecule has 0 saturated carbocycles. The van der Waals surface area contributed by atoms with Crippen molar-refractivity contribution < 1.29 is 10.2 Å². The molecule has 3 N–H and O–H groups in total. The van der Waals surface area contributed by atoms with Gasteiger partial charge < -0.3 is 20.4 Å². The topological polar surface area (TPSA) is 55.7 Å². The quantitative estimate of drug-likeness (QED) is 0.695. The largest absolute Gasteiger partial charge is 0.508 e. The number of aromatic hydroxyl groups is 2. The Hall–Kier alpha value is -1.26. The SMILES string of the molecule is CCN(CC)CCNC(C)c1cc(O)cc(O)c1. The van der Waals surface area contributed by atoms with E-state index in [0.29, 0.717) is 0 Å². The van der Waals surface area contributed by atoms with Crippen LogP contribution in [0.1, 0.15) is 32.4 Å². The van der Waals surface area contributed by atoms with E-state index in [2.05, 4.69) is 24.1 Å². The highest BCUT2D eigenvalue weighted by atomic mass is 16.3. The van der Waals surface area contributed by atoms with Crippen molar-refractivity contribution in [3.05, 3.63) is 23.8 Å². The summed E-state index contributed by atoms with van der Waals surface area (Å²) < 4.78 is 0. The number of nitrogens with zero attached hydrogens (tertiary/aromatic N) is 1. The maximum atomic E-state index is 9.44. The summed E-state index contributed by atoms with van der Waals surface area (Å²) in [7, 11) is 0. The van der Waals surface area contributed by atoms with E-state index in [0.717, 1.165) is 31.7 Å². The van der Waals surface area contributed by atoms with Gasteiger partial charge in [0.1, 0.15) is 11.5 Å². The van der Waals surface area contributed by atoms with Crippen molar-refractivity contribution in [3.63, 3.8) is 0 Å². The van der Waals surface area contributed by atoms with E-state index in [1.165, 1.54) is 6.07 Å². The Morgan fingerprint density at radius 1 is 1.11 bits per heavy atom. The molecule has 1 atom stereocenters. The maximum absolute atomic E-state index is 9.44. The summed E-state index contributed by atoms with van der Waals surface area (Å²) in [6.07, 6.45) is 0. The van der Waals surface area contributed by atoms with E-state index < -0.39 is 0 Å². The molecule has 102 valence electrons. The molecule has 0 aromatic heterocycles. The Morgan fingerprint density at radius 3 is 2.17 bits per heavy atom. The van der Waals surface area contributed by atoms with Gasteiger partial charge in [-0.25, -0.2) is 0 Å². The highest BCUT2D eigenvalue weighted by Gasteiger charge is 2.08. The first-order valence-corrected chi connectivity index (χ1v) is 6.55. The molecular weight excluding hydrogens is 228 g/mol. The lowest BCUT2D eigenvalue weighted by Gasteiger charge is -2.20. The number of rotatable bonds is 7. The minimum absolute atomic E-state index is 0.0994. The summed E-state index contributed by atoms with van der Waals surface area (Å²) in [6, 6.07) is 4.80. The molecule has 0 amide bonds. The lowest BCUT2D eigenvalue weighted by Crippen LogP contribution is -2.33. The number of hydrogen-bond acceptors (Lipinski definition) is 4. The van der Waals surface area contributed by atoms with Crippen LogP contribution in [0, 0.1) is 0 Å². The second kappa shape index (κ2) is 7.24. The maximum Gasteiger partial charge on any atom is 0.119 e. The minimum atomic E-state index is 0.0994. The van der Waals surface area contributed by atoms with Crippen LogP contribution in [0.3, 0.4) is 0 Å². The number of nitrogens with one attached hydrogen (secondary N) is 1. The van der Waals surface area contributed by atoms with Gasteiger partial charge in [0.2, 0.25) is 0 Å². The molecule has 4 heteroatoms. The van der Waals surface area contributed by atoms with Crippen molar-refractivity contribution in [1.29, 1.82) is 0 Å². The van der Waals surface area contributed by atoms with E-state index in [4.69, 9.17) is 0 Å². The van der Waals surface area contributed by atoms with Crippen LogP contribution in [0.2, 0.25) is 0 Å². The fourth-order valence-electron chi connectivity index (χ4n) is 1.96. The Kier molecular flexibility index (Phi) is 5.95. The van der Waals surface area contributed by atoms with Gasteiger partial charge in [-0.3, -0.25) is 0 Å². The van der Waals surface area contributed by atoms with Crippen molar-refractivity contribution in [2.75, 3.05) is 26.2 Å². The molecule has 0 saturated heterocycles. The zero-order valence-corrected chi connectivity index (χ0v) is 11.5. The van der Waals surface area contributed by atoms with Crippen LogP contribution >= 0.6 is 0 Å². The Labute approximate surface area is 109 Å². The summed E-state index contributed by atoms with van der Waals surface area (Å²) in [5, 5.41) is 22.3. The fourth-order valence-corrected chi connectivity index (χ4v) is 1.96. The summed E-state index contributed by atoms with van der Waals surface area (Å²) in [5.41, 5.74) is 0.895. The van der Waals surface area contributed by atoms with Crippen molar-refractivity contribution in [2.45, 2.75) is 26.8 Å². The number of benzene rings is 1. The van der Waals surface area contributed by atoms with Crippen molar-refractivity contribution in [2.24, 2.45) is 0 Å². The van der Waals surface area contributed by atoms with Crippen molar-refractivity contribution in [1.82, 2.24) is 10.2 Å². The van der Waals surface area contributed by atoms with Gasteiger partial charge in [-0.05, 0) is 37.7 Å². The van der Waals surface area contributed by atoms with Crippen molar-refractivity contribution in [3.8, 4) is 11.5 Å². The zero-order chi connectivity index (χ0) is 13.5. The number of phenolic OH excluding ortho intramolecular Hbond substituents is 2. The molecule has 0 aliphatic heterocycles. The summed E-state index contributed by atoms with van der Waals surface area (Å²) >= 11 is 0. The van der Waals surface area contributed by atoms with Gasteiger partial charge in [0.25, 0.3) is 0 Å². The van der Waals surface area contributed by atoms with Crippen LogP contribution in [0.4, 0.5) is 0 Å². The molecule has 1 aromatic carbocycles. The summed E-state index contributed by atoms with van der Waals surface area (Å²) in [6.45, 7) is 10.3. The Morgan fingerprint density at radius 2 is 1.67 bits per heavy atom. The zero-order valence-electron chi connectivity index (χ0n) is 11.5. The van der Waals surface area contributed by atoms with Gasteiger partial charge in [0.15, 0.2) is 0 Å². The fraction of sp³-hybridized carbons (Fsp3) is 0.571. The van der Waals surface area contributed by atoms with Crippen LogP contribution in [-0.4, -0.2) is 41.3 Å². The van der Waals surface area contributed by atoms with E-state index in [1.807, 2.05) is 6.92 Å². The molecule has 4 nitrogen and oxygen atoms in total. The molecular formula is C14H24N2O2. The molecule has 0 radical (unpaired) electrons. The predicted octanol–water partition coefficient (Wildman–Crippen LogP) is 2.09. The molecule has 1 unspecified atom stereocenters. The van der Waals surface area contributed by atoms with Gasteiger partial charge in [-0.1, -0.05) is 13.8 Å². The minimum Gasteiger partial charge on any atom is -0.508 e. The summed E-state index contributed by atoms with van der Waals surface area (Å²) in [5.74, 6) is 0.199. The highest BCUT2D eigenvalue weighted by molar-refractivity contribution is 5.37. The van der Waals surface area contributed by atoms with E-state index in [-0.39, 0.29) is 17.5 Å². The third-order valence-electron chi connectivity index (χ3n) is 3.20. The average Bonchev–Trinajstić information content (AvgIpc) is 2.33. The third kappa shape index (κ3) is 4.55. The first-order valence-electron chi connectivity index (χ1n) is 6.55. The lowest BCUT2D eigenvalue weighted by atomic mass is 10.1. The van der Waals surface area contributed by atoms with Crippen LogP contribution in [-0.2, 0) is 0 Å². The normalized spacial score (nSPS) is 12.9. The number of phenols is 2. The molecule has 0 aliphatic carbocycles. The average molecular weight is 252 g/mol. The smallest absolute Gasteiger partial charge is 0.119 e. The van der Waals surface area contributed by atoms with Gasteiger partial charge >= 0.3 is 0 Å². The van der Waals surface area contributed by atoms with Gasteiger partial charge in [-0.2, -0.15) is 0 Å². The first kappa shape index (κ1) is 14.8. The molecule has 0 fully saturated rings. The van der Waals surface area contributed by atoms with Gasteiger partial charge in [0, 0.05) is 25.2 Å². The molecule has 18 heavy (non-hydrogen) atoms. The second-order valence-corrected chi connectivity index (χ2v) is 4.49. The van der Waals surface area contributed by atoms with E-state index >= 15 is 0 Å². The Bertz CT molecular complexity index is 345. The molecule has 0 aliphatic rings. The lowest BCUT2D eigenvalue weighted by molar-refractivity contribution is 0.298. The van der Waals surface area contributed by atoms with Crippen LogP contribution in [0.5, 0.6) is 11.5 Å². The van der Waals surface area contributed by atoms with Gasteiger partial charge in [0.05, 0.1) is 0 Å². The highest BCUT2D eigenvalue weighted by Crippen LogP contribution is 2.24. The van der Waals surface area contributed by atoms with E-state index in [9.17, 15) is 10.2 Å². The molecule has 1 rings (SSSR count). The van der Waals surface area contributed by atoms with Crippen LogP contribution < -0.4 is 5.32 Å². The van der Waals surface area contributed by atoms with Crippen LogP contribution in [0.25, 0.3) is 0 Å². The standard InChI is InChI=1S/C14H24N2O2/c1-4-16(5-2)7-6-15-11(3)12-8-13(17)10-14(18)9-12/h8-11,15,17-18H,4-7H2,1-3H3. The number of hydrogen-bond donors (Lipinski definition) is 3. The van der Waals surface area contributed by atoms with Crippen LogP contribution in [0.15, 0.2) is 18.2 Å². The Balaban J connectivity index is 2.47. The molecule has 0 spiro atoms. The van der Waals surface area contributed by atoms with E-state index in [1.54, 1.807) is 12.1 Å². The summed E-state index contributed by atoms with van der Waals surface area (Å²) in [4.78, 5) is 2.35. The molecule has 1 aromatic rings. The van der Waals surface area contributed by atoms with Crippen molar-refractivity contribution >= 4 is 0 Å². The first-order chi connectivity index (χ1) is 8.56. The van der Waals surface area contributed by atoms with Gasteiger partial charge in [-0.15, -0.1) is 0 Å². The third-order valence-corrected chi connectivity index (χ3v) is 3.20. The molecule has 0 heterocycles. The predicted molar refractivity (Wildman–Crippen MR) is 74.0 cm³/mol. The number of likely N-dealkylation sites (N-methyl/N-ethyl adjacent to an activating group) is 1.